The number of aryl methyl sites for hydroxylation is 1. The average Bonchev–Trinajstić information content (AvgIpc) is 2.07. The molecule has 0 saturated carbocycles. The fourth-order valence-electron chi connectivity index (χ4n) is 0.996. The van der Waals surface area contributed by atoms with Crippen molar-refractivity contribution in [1.82, 2.24) is 0 Å². The Labute approximate surface area is 75.6 Å². The predicted octanol–water partition coefficient (Wildman–Crippen LogP) is 0.992. The number of nitrogens with two attached hydrogens (primary N) is 1. The smallest absolute Gasteiger partial charge is 0.303 e. The second kappa shape index (κ2) is 3.80. The molecule has 13 heavy (non-hydrogen) atoms. The van der Waals surface area contributed by atoms with Gasteiger partial charge in [-0.2, -0.15) is 0 Å². The molecule has 70 valence electrons. The molecular weight excluding hydrogens is 170 g/mol. The van der Waals surface area contributed by atoms with Crippen LogP contribution in [0.4, 0.5) is 5.69 Å². The van der Waals surface area contributed by atoms with Gasteiger partial charge in [-0.05, 0) is 24.1 Å². The van der Waals surface area contributed by atoms with Crippen LogP contribution < -0.4 is 5.73 Å². The fourth-order valence-corrected chi connectivity index (χ4v) is 0.996. The third-order valence-corrected chi connectivity index (χ3v) is 1.72. The Balaban J connectivity index is 2.68. The molecule has 0 atom stereocenters. The highest BCUT2D eigenvalue weighted by atomic mass is 16.4. The first-order valence-electron chi connectivity index (χ1n) is 3.89. The van der Waals surface area contributed by atoms with Gasteiger partial charge >= 0.3 is 5.97 Å². The van der Waals surface area contributed by atoms with Crippen LogP contribution in [-0.4, -0.2) is 16.2 Å². The van der Waals surface area contributed by atoms with Crippen molar-refractivity contribution in [1.29, 1.82) is 0 Å². The van der Waals surface area contributed by atoms with Gasteiger partial charge in [-0.3, -0.25) is 4.79 Å². The zero-order valence-corrected chi connectivity index (χ0v) is 7.03. The minimum Gasteiger partial charge on any atom is -0.506 e. The van der Waals surface area contributed by atoms with Gasteiger partial charge in [-0.25, -0.2) is 0 Å². The molecule has 0 aliphatic heterocycles. The van der Waals surface area contributed by atoms with Gasteiger partial charge in [-0.15, -0.1) is 0 Å². The number of carboxylic acids is 1. The number of hydrogen-bond donors (Lipinski definition) is 3. The van der Waals surface area contributed by atoms with Crippen molar-refractivity contribution >= 4 is 11.7 Å². The molecule has 0 amide bonds. The van der Waals surface area contributed by atoms with Crippen LogP contribution in [0.15, 0.2) is 18.2 Å². The minimum atomic E-state index is -0.851. The van der Waals surface area contributed by atoms with Crippen LogP contribution in [0, 0.1) is 0 Å². The van der Waals surface area contributed by atoms with Gasteiger partial charge in [0.2, 0.25) is 0 Å². The number of carbonyl (C=O) groups is 1. The van der Waals surface area contributed by atoms with Crippen molar-refractivity contribution in [3.05, 3.63) is 23.8 Å². The van der Waals surface area contributed by atoms with Crippen molar-refractivity contribution in [3.63, 3.8) is 0 Å². The van der Waals surface area contributed by atoms with E-state index in [2.05, 4.69) is 0 Å². The molecule has 0 fully saturated rings. The topological polar surface area (TPSA) is 83.6 Å². The molecule has 0 saturated heterocycles. The number of aromatic hydroxyl groups is 1. The first-order chi connectivity index (χ1) is 6.09. The van der Waals surface area contributed by atoms with E-state index in [0.717, 1.165) is 5.56 Å². The maximum Gasteiger partial charge on any atom is 0.303 e. The van der Waals surface area contributed by atoms with Crippen molar-refractivity contribution in [2.45, 2.75) is 12.8 Å². The first kappa shape index (κ1) is 9.38. The molecule has 0 radical (unpaired) electrons. The summed E-state index contributed by atoms with van der Waals surface area (Å²) in [6.07, 6.45) is 0.465. The first-order valence-corrected chi connectivity index (χ1v) is 3.89. The Hall–Kier alpha value is -1.71. The van der Waals surface area contributed by atoms with E-state index in [0.29, 0.717) is 12.1 Å². The standard InChI is InChI=1S/C9H11NO3/c10-7-3-1-6(5-8(7)11)2-4-9(12)13/h1,3,5,11H,2,4,10H2,(H,12,13). The summed E-state index contributed by atoms with van der Waals surface area (Å²) in [5.74, 6) is -0.848. The van der Waals surface area contributed by atoms with E-state index in [1.54, 1.807) is 12.1 Å². The highest BCUT2D eigenvalue weighted by molar-refractivity contribution is 5.67. The summed E-state index contributed by atoms with van der Waals surface area (Å²) in [6.45, 7) is 0. The fraction of sp³-hybridized carbons (Fsp3) is 0.222. The zero-order valence-electron chi connectivity index (χ0n) is 7.03. The molecule has 1 rings (SSSR count). The lowest BCUT2D eigenvalue weighted by Gasteiger charge is -2.01. The summed E-state index contributed by atoms with van der Waals surface area (Å²) in [5, 5.41) is 17.6. The summed E-state index contributed by atoms with van der Waals surface area (Å²) in [5.41, 5.74) is 6.46. The lowest BCUT2D eigenvalue weighted by atomic mass is 10.1. The van der Waals surface area contributed by atoms with E-state index in [9.17, 15) is 9.90 Å². The molecular formula is C9H11NO3. The second-order valence-corrected chi connectivity index (χ2v) is 2.79. The zero-order chi connectivity index (χ0) is 9.84. The molecule has 4 heteroatoms. The third kappa shape index (κ3) is 2.66. The van der Waals surface area contributed by atoms with Crippen LogP contribution in [0.5, 0.6) is 5.75 Å². The number of carboxylic acid groups (broad SMARTS) is 1. The number of aliphatic carboxylic acids is 1. The van der Waals surface area contributed by atoms with Gasteiger partial charge in [0, 0.05) is 6.42 Å². The monoisotopic (exact) mass is 181 g/mol. The molecule has 4 N–H and O–H groups in total. The highest BCUT2D eigenvalue weighted by Crippen LogP contribution is 2.21. The van der Waals surface area contributed by atoms with E-state index in [4.69, 9.17) is 10.8 Å². The Morgan fingerprint density at radius 3 is 2.69 bits per heavy atom. The molecule has 0 heterocycles. The Bertz CT molecular complexity index is 323. The van der Waals surface area contributed by atoms with Crippen LogP contribution in [0.1, 0.15) is 12.0 Å². The van der Waals surface area contributed by atoms with Crippen LogP contribution >= 0.6 is 0 Å². The summed E-state index contributed by atoms with van der Waals surface area (Å²) >= 11 is 0. The van der Waals surface area contributed by atoms with Crippen LogP contribution in [0.3, 0.4) is 0 Å². The van der Waals surface area contributed by atoms with Gasteiger partial charge < -0.3 is 15.9 Å². The number of benzene rings is 1. The summed E-state index contributed by atoms with van der Waals surface area (Å²) in [6, 6.07) is 4.75. The maximum atomic E-state index is 10.2. The number of nitrogen functional groups attached to an aromatic ring is 1. The minimum absolute atomic E-state index is 0.00267. The number of anilines is 1. The lowest BCUT2D eigenvalue weighted by molar-refractivity contribution is -0.136. The number of hydrogen-bond acceptors (Lipinski definition) is 3. The van der Waals surface area contributed by atoms with Gasteiger partial charge in [-0.1, -0.05) is 6.07 Å². The SMILES string of the molecule is Nc1ccc(CCC(=O)O)cc1O. The molecule has 1 aromatic rings. The Morgan fingerprint density at radius 1 is 1.46 bits per heavy atom. The molecule has 1 aromatic carbocycles. The molecule has 0 aliphatic rings. The van der Waals surface area contributed by atoms with E-state index in [1.165, 1.54) is 6.07 Å². The molecule has 0 unspecified atom stereocenters. The van der Waals surface area contributed by atoms with E-state index < -0.39 is 5.97 Å². The molecule has 0 aliphatic carbocycles. The molecule has 0 bridgehead atoms. The van der Waals surface area contributed by atoms with Crippen molar-refractivity contribution in [2.24, 2.45) is 0 Å². The number of phenols is 1. The summed E-state index contributed by atoms with van der Waals surface area (Å²) in [7, 11) is 0. The van der Waals surface area contributed by atoms with Gasteiger partial charge in [0.05, 0.1) is 5.69 Å². The summed E-state index contributed by atoms with van der Waals surface area (Å²) < 4.78 is 0. The maximum absolute atomic E-state index is 10.2. The van der Waals surface area contributed by atoms with Crippen LogP contribution in [0.25, 0.3) is 0 Å². The van der Waals surface area contributed by atoms with Crippen molar-refractivity contribution in [2.75, 3.05) is 5.73 Å². The third-order valence-electron chi connectivity index (χ3n) is 1.72. The largest absolute Gasteiger partial charge is 0.506 e. The van der Waals surface area contributed by atoms with Gasteiger partial charge in [0.25, 0.3) is 0 Å². The van der Waals surface area contributed by atoms with E-state index >= 15 is 0 Å². The van der Waals surface area contributed by atoms with E-state index in [-0.39, 0.29) is 12.2 Å². The number of rotatable bonds is 3. The summed E-state index contributed by atoms with van der Waals surface area (Å²) in [4.78, 5) is 10.2. The normalized spacial score (nSPS) is 9.85. The van der Waals surface area contributed by atoms with Crippen molar-refractivity contribution < 1.29 is 15.0 Å². The Morgan fingerprint density at radius 2 is 2.15 bits per heavy atom. The van der Waals surface area contributed by atoms with Crippen LogP contribution in [0.2, 0.25) is 0 Å². The highest BCUT2D eigenvalue weighted by Gasteiger charge is 2.01. The van der Waals surface area contributed by atoms with Gasteiger partial charge in [0.1, 0.15) is 5.75 Å². The Kier molecular flexibility index (Phi) is 2.74. The molecule has 0 spiro atoms. The molecule has 0 aromatic heterocycles. The van der Waals surface area contributed by atoms with Crippen LogP contribution in [-0.2, 0) is 11.2 Å². The van der Waals surface area contributed by atoms with Crippen molar-refractivity contribution in [3.8, 4) is 5.75 Å². The van der Waals surface area contributed by atoms with Gasteiger partial charge in [0.15, 0.2) is 0 Å². The predicted molar refractivity (Wildman–Crippen MR) is 48.5 cm³/mol. The quantitative estimate of drug-likeness (QED) is 0.479. The average molecular weight is 181 g/mol. The second-order valence-electron chi connectivity index (χ2n) is 2.79. The molecule has 4 nitrogen and oxygen atoms in total. The lowest BCUT2D eigenvalue weighted by Crippen LogP contribution is -1.97. The van der Waals surface area contributed by atoms with E-state index in [1.807, 2.05) is 0 Å². The number of phenolic OH excluding ortho intramolecular Hbond substituents is 1.